The maximum atomic E-state index is 5.35. The van der Waals surface area contributed by atoms with Gasteiger partial charge < -0.3 is 0 Å². The van der Waals surface area contributed by atoms with Crippen molar-refractivity contribution in [3.8, 4) is 17.1 Å². The third kappa shape index (κ3) is 4.47. The molecule has 2 nitrogen and oxygen atoms in total. The van der Waals surface area contributed by atoms with Gasteiger partial charge in [-0.3, -0.25) is 4.57 Å². The van der Waals surface area contributed by atoms with Gasteiger partial charge in [-0.2, -0.15) is 0 Å². The van der Waals surface area contributed by atoms with Crippen LogP contribution in [0.4, 0.5) is 0 Å². The second-order valence-electron chi connectivity index (χ2n) is 14.5. The Morgan fingerprint density at radius 1 is 0.630 bits per heavy atom. The molecule has 0 fully saturated rings. The highest BCUT2D eigenvalue weighted by Gasteiger charge is 2.26. The standard InChI is InChI=1S/C43H40N2S/c1-25(2)34-23-29(43(5,6)7)24-35(26(3)4)40(34)45-38-15-11-10-14-37(38)44-42(45)28-17-21-39-36(22-28)33-20-19-31-30-13-9-8-12-27(30)16-18-32(31)41(33)46-39/h8-26H,1-7H3. The minimum Gasteiger partial charge on any atom is -0.292 e. The first kappa shape index (κ1) is 29.0. The lowest BCUT2D eigenvalue weighted by Crippen LogP contribution is -2.16. The first-order valence-corrected chi connectivity index (χ1v) is 17.3. The Hall–Kier alpha value is -4.47. The quantitative estimate of drug-likeness (QED) is 0.180. The number of rotatable bonds is 4. The Morgan fingerprint density at radius 3 is 2.02 bits per heavy atom. The first-order chi connectivity index (χ1) is 22.1. The smallest absolute Gasteiger partial charge is 0.145 e. The summed E-state index contributed by atoms with van der Waals surface area (Å²) < 4.78 is 5.12. The van der Waals surface area contributed by atoms with E-state index in [4.69, 9.17) is 4.98 Å². The molecular weight excluding hydrogens is 577 g/mol. The zero-order valence-electron chi connectivity index (χ0n) is 27.8. The Morgan fingerprint density at radius 2 is 1.28 bits per heavy atom. The van der Waals surface area contributed by atoms with Crippen molar-refractivity contribution in [3.63, 3.8) is 0 Å². The molecule has 0 aliphatic rings. The molecule has 0 saturated heterocycles. The number of para-hydroxylation sites is 2. The molecule has 6 aromatic carbocycles. The van der Waals surface area contributed by atoms with Crippen LogP contribution < -0.4 is 0 Å². The van der Waals surface area contributed by atoms with Crippen molar-refractivity contribution in [3.05, 3.63) is 120 Å². The molecule has 0 bridgehead atoms. The summed E-state index contributed by atoms with van der Waals surface area (Å²) in [6, 6.07) is 38.4. The van der Waals surface area contributed by atoms with Gasteiger partial charge in [0.05, 0.1) is 16.7 Å². The fourth-order valence-electron chi connectivity index (χ4n) is 7.16. The Balaban J connectivity index is 1.41. The van der Waals surface area contributed by atoms with Crippen LogP contribution >= 0.6 is 11.3 Å². The normalized spacial score (nSPS) is 12.6. The summed E-state index contributed by atoms with van der Waals surface area (Å²) in [5, 5.41) is 7.85. The van der Waals surface area contributed by atoms with Gasteiger partial charge in [0.15, 0.2) is 0 Å². The number of hydrogen-bond donors (Lipinski definition) is 0. The van der Waals surface area contributed by atoms with Gasteiger partial charge in [0, 0.05) is 31.1 Å². The molecule has 8 aromatic rings. The highest BCUT2D eigenvalue weighted by atomic mass is 32.1. The lowest BCUT2D eigenvalue weighted by Gasteiger charge is -2.28. The third-order valence-corrected chi connectivity index (χ3v) is 10.9. The molecular formula is C43H40N2S. The zero-order chi connectivity index (χ0) is 31.9. The molecule has 3 heteroatoms. The van der Waals surface area contributed by atoms with Gasteiger partial charge in [-0.05, 0) is 80.4 Å². The van der Waals surface area contributed by atoms with Crippen molar-refractivity contribution >= 4 is 64.1 Å². The van der Waals surface area contributed by atoms with E-state index < -0.39 is 0 Å². The molecule has 0 atom stereocenters. The highest BCUT2D eigenvalue weighted by molar-refractivity contribution is 7.26. The van der Waals surface area contributed by atoms with Crippen LogP contribution in [0.15, 0.2) is 103 Å². The first-order valence-electron chi connectivity index (χ1n) is 16.5. The molecule has 46 heavy (non-hydrogen) atoms. The van der Waals surface area contributed by atoms with Crippen molar-refractivity contribution in [2.24, 2.45) is 0 Å². The van der Waals surface area contributed by atoms with Gasteiger partial charge in [0.25, 0.3) is 0 Å². The van der Waals surface area contributed by atoms with Gasteiger partial charge in [-0.1, -0.05) is 121 Å². The van der Waals surface area contributed by atoms with Crippen LogP contribution in [0.25, 0.3) is 69.8 Å². The molecule has 0 spiro atoms. The fourth-order valence-corrected chi connectivity index (χ4v) is 8.37. The van der Waals surface area contributed by atoms with E-state index in [1.165, 1.54) is 64.1 Å². The number of thiophene rings is 1. The molecule has 0 radical (unpaired) electrons. The lowest BCUT2D eigenvalue weighted by atomic mass is 9.81. The van der Waals surface area contributed by atoms with E-state index in [0.717, 1.165) is 22.4 Å². The molecule has 0 aliphatic heterocycles. The van der Waals surface area contributed by atoms with E-state index in [0.29, 0.717) is 11.8 Å². The summed E-state index contributed by atoms with van der Waals surface area (Å²) >= 11 is 1.90. The summed E-state index contributed by atoms with van der Waals surface area (Å²) in [7, 11) is 0. The SMILES string of the molecule is CC(C)c1cc(C(C)(C)C)cc(C(C)C)c1-n1c(-c2ccc3sc4c(ccc5c6ccccc6ccc54)c3c2)nc2ccccc21. The summed E-state index contributed by atoms with van der Waals surface area (Å²) in [6.45, 7) is 16.3. The Kier molecular flexibility index (Phi) is 6.63. The average Bonchev–Trinajstić information content (AvgIpc) is 3.61. The number of aromatic nitrogens is 2. The summed E-state index contributed by atoms with van der Waals surface area (Å²) in [4.78, 5) is 5.35. The largest absolute Gasteiger partial charge is 0.292 e. The van der Waals surface area contributed by atoms with Crippen LogP contribution in [-0.2, 0) is 5.41 Å². The average molecular weight is 617 g/mol. The molecule has 0 unspecified atom stereocenters. The minimum atomic E-state index is 0.0626. The molecule has 0 amide bonds. The summed E-state index contributed by atoms with van der Waals surface area (Å²) in [5.74, 6) is 1.72. The number of benzene rings is 6. The van der Waals surface area contributed by atoms with Gasteiger partial charge in [-0.15, -0.1) is 11.3 Å². The molecule has 2 heterocycles. The van der Waals surface area contributed by atoms with E-state index in [1.807, 2.05) is 11.3 Å². The predicted molar refractivity (Wildman–Crippen MR) is 201 cm³/mol. The summed E-state index contributed by atoms with van der Waals surface area (Å²) in [5.41, 5.74) is 8.81. The number of fused-ring (bicyclic) bond motifs is 8. The van der Waals surface area contributed by atoms with Gasteiger partial charge in [0.1, 0.15) is 5.82 Å². The molecule has 0 saturated carbocycles. The summed E-state index contributed by atoms with van der Waals surface area (Å²) in [6.07, 6.45) is 0. The molecule has 8 rings (SSSR count). The fraction of sp³-hybridized carbons (Fsp3) is 0.233. The number of hydrogen-bond acceptors (Lipinski definition) is 2. The van der Waals surface area contributed by atoms with E-state index in [1.54, 1.807) is 0 Å². The van der Waals surface area contributed by atoms with Crippen molar-refractivity contribution in [1.29, 1.82) is 0 Å². The predicted octanol–water partition coefficient (Wildman–Crippen LogP) is 12.9. The zero-order valence-corrected chi connectivity index (χ0v) is 28.6. The van der Waals surface area contributed by atoms with Crippen LogP contribution in [0.3, 0.4) is 0 Å². The van der Waals surface area contributed by atoms with Crippen LogP contribution in [0.2, 0.25) is 0 Å². The highest BCUT2D eigenvalue weighted by Crippen LogP contribution is 2.44. The third-order valence-electron chi connectivity index (χ3n) is 9.68. The van der Waals surface area contributed by atoms with Crippen LogP contribution in [-0.4, -0.2) is 9.55 Å². The lowest BCUT2D eigenvalue weighted by molar-refractivity contribution is 0.586. The van der Waals surface area contributed by atoms with Crippen LogP contribution in [0.1, 0.15) is 77.0 Å². The second-order valence-corrected chi connectivity index (χ2v) is 15.5. The molecule has 2 aromatic heterocycles. The van der Waals surface area contributed by atoms with Gasteiger partial charge >= 0.3 is 0 Å². The molecule has 0 aliphatic carbocycles. The molecule has 228 valence electrons. The van der Waals surface area contributed by atoms with Crippen molar-refractivity contribution in [2.75, 3.05) is 0 Å². The van der Waals surface area contributed by atoms with Gasteiger partial charge in [-0.25, -0.2) is 4.98 Å². The van der Waals surface area contributed by atoms with E-state index in [2.05, 4.69) is 156 Å². The van der Waals surface area contributed by atoms with Crippen molar-refractivity contribution in [1.82, 2.24) is 9.55 Å². The van der Waals surface area contributed by atoms with E-state index >= 15 is 0 Å². The Labute approximate surface area is 275 Å². The monoisotopic (exact) mass is 616 g/mol. The van der Waals surface area contributed by atoms with Crippen molar-refractivity contribution in [2.45, 2.75) is 65.7 Å². The number of nitrogens with zero attached hydrogens (tertiary/aromatic N) is 2. The number of imidazole rings is 1. The van der Waals surface area contributed by atoms with Gasteiger partial charge in [0.2, 0.25) is 0 Å². The maximum Gasteiger partial charge on any atom is 0.145 e. The van der Waals surface area contributed by atoms with Crippen LogP contribution in [0.5, 0.6) is 0 Å². The maximum absolute atomic E-state index is 5.35. The Bertz CT molecular complexity index is 2430. The van der Waals surface area contributed by atoms with E-state index in [9.17, 15) is 0 Å². The topological polar surface area (TPSA) is 17.8 Å². The molecule has 0 N–H and O–H groups in total. The minimum absolute atomic E-state index is 0.0626. The second kappa shape index (κ2) is 10.5. The van der Waals surface area contributed by atoms with Crippen molar-refractivity contribution < 1.29 is 0 Å². The van der Waals surface area contributed by atoms with E-state index in [-0.39, 0.29) is 5.41 Å². The van der Waals surface area contributed by atoms with Crippen LogP contribution in [0, 0.1) is 0 Å².